The van der Waals surface area contributed by atoms with Gasteiger partial charge < -0.3 is 10.5 Å². The molecule has 0 unspecified atom stereocenters. The molecule has 0 saturated carbocycles. The lowest BCUT2D eigenvalue weighted by molar-refractivity contribution is 0.241. The fraction of sp³-hybridized carbons (Fsp3) is 0.500. The van der Waals surface area contributed by atoms with Crippen LogP contribution in [0.3, 0.4) is 0 Å². The minimum Gasteiger partial charge on any atom is -0.493 e. The molecule has 0 saturated heterocycles. The standard InChI is InChI=1S/C14H22N2O/c1-10-6-5-7-11(13(15)16)12(10)17-9-8-14(2,3)4/h5-7H,8-9H2,1-4H3,(H3,15,16). The van der Waals surface area contributed by atoms with Crippen molar-refractivity contribution in [3.8, 4) is 5.75 Å². The van der Waals surface area contributed by atoms with Crippen LogP contribution in [0.15, 0.2) is 18.2 Å². The van der Waals surface area contributed by atoms with Gasteiger partial charge in [-0.05, 0) is 30.4 Å². The van der Waals surface area contributed by atoms with Gasteiger partial charge in [0.1, 0.15) is 11.6 Å². The fourth-order valence-corrected chi connectivity index (χ4v) is 1.52. The highest BCUT2D eigenvalue weighted by atomic mass is 16.5. The van der Waals surface area contributed by atoms with Crippen molar-refractivity contribution >= 4 is 5.84 Å². The maximum atomic E-state index is 7.53. The Balaban J connectivity index is 2.79. The molecule has 3 N–H and O–H groups in total. The Morgan fingerprint density at radius 3 is 2.53 bits per heavy atom. The van der Waals surface area contributed by atoms with Crippen LogP contribution in [0.1, 0.15) is 38.3 Å². The van der Waals surface area contributed by atoms with Gasteiger partial charge in [-0.15, -0.1) is 0 Å². The van der Waals surface area contributed by atoms with E-state index >= 15 is 0 Å². The Labute approximate surface area is 103 Å². The van der Waals surface area contributed by atoms with E-state index in [0.29, 0.717) is 12.2 Å². The molecule has 3 nitrogen and oxygen atoms in total. The van der Waals surface area contributed by atoms with Gasteiger partial charge in [0.05, 0.1) is 12.2 Å². The second-order valence-electron chi connectivity index (χ2n) is 5.52. The highest BCUT2D eigenvalue weighted by Crippen LogP contribution is 2.25. The van der Waals surface area contributed by atoms with Crippen molar-refractivity contribution in [2.75, 3.05) is 6.61 Å². The van der Waals surface area contributed by atoms with Crippen molar-refractivity contribution in [1.82, 2.24) is 0 Å². The molecule has 94 valence electrons. The molecule has 1 aromatic carbocycles. The molecule has 1 rings (SSSR count). The van der Waals surface area contributed by atoms with E-state index in [9.17, 15) is 0 Å². The van der Waals surface area contributed by atoms with Gasteiger partial charge in [0.15, 0.2) is 0 Å². The summed E-state index contributed by atoms with van der Waals surface area (Å²) < 4.78 is 5.78. The first-order valence-electron chi connectivity index (χ1n) is 5.88. The lowest BCUT2D eigenvalue weighted by atomic mass is 9.93. The van der Waals surface area contributed by atoms with Crippen molar-refractivity contribution in [3.05, 3.63) is 29.3 Å². The van der Waals surface area contributed by atoms with Crippen molar-refractivity contribution in [2.24, 2.45) is 11.1 Å². The summed E-state index contributed by atoms with van der Waals surface area (Å²) in [5.41, 5.74) is 7.49. The fourth-order valence-electron chi connectivity index (χ4n) is 1.52. The maximum absolute atomic E-state index is 7.53. The number of nitrogen functional groups attached to an aromatic ring is 1. The molecular formula is C14H22N2O. The van der Waals surface area contributed by atoms with Crippen molar-refractivity contribution in [1.29, 1.82) is 5.41 Å². The SMILES string of the molecule is Cc1cccc(C(=N)N)c1OCCC(C)(C)C. The zero-order chi connectivity index (χ0) is 13.1. The molecule has 1 aromatic rings. The highest BCUT2D eigenvalue weighted by molar-refractivity contribution is 5.98. The van der Waals surface area contributed by atoms with Gasteiger partial charge in [0, 0.05) is 0 Å². The molecule has 0 atom stereocenters. The van der Waals surface area contributed by atoms with Gasteiger partial charge in [-0.1, -0.05) is 32.9 Å². The summed E-state index contributed by atoms with van der Waals surface area (Å²) in [6.07, 6.45) is 0.971. The number of rotatable bonds is 4. The molecule has 0 aliphatic rings. The van der Waals surface area contributed by atoms with Gasteiger partial charge in [0.25, 0.3) is 0 Å². The van der Waals surface area contributed by atoms with Crippen LogP contribution in [0.5, 0.6) is 5.75 Å². The molecule has 0 spiro atoms. The summed E-state index contributed by atoms with van der Waals surface area (Å²) in [4.78, 5) is 0. The van der Waals surface area contributed by atoms with E-state index in [4.69, 9.17) is 15.9 Å². The van der Waals surface area contributed by atoms with E-state index in [-0.39, 0.29) is 11.3 Å². The molecule has 0 aliphatic heterocycles. The van der Waals surface area contributed by atoms with Crippen LogP contribution in [-0.2, 0) is 0 Å². The topological polar surface area (TPSA) is 59.1 Å². The maximum Gasteiger partial charge on any atom is 0.133 e. The zero-order valence-corrected chi connectivity index (χ0v) is 11.1. The zero-order valence-electron chi connectivity index (χ0n) is 11.1. The number of amidine groups is 1. The first kappa shape index (κ1) is 13.6. The number of hydrogen-bond donors (Lipinski definition) is 2. The second kappa shape index (κ2) is 5.21. The second-order valence-corrected chi connectivity index (χ2v) is 5.52. The summed E-state index contributed by atoms with van der Waals surface area (Å²) in [6.45, 7) is 9.16. The average Bonchev–Trinajstić information content (AvgIpc) is 2.18. The van der Waals surface area contributed by atoms with Crippen LogP contribution in [0, 0.1) is 17.7 Å². The van der Waals surface area contributed by atoms with Crippen LogP contribution in [-0.4, -0.2) is 12.4 Å². The van der Waals surface area contributed by atoms with Crippen molar-refractivity contribution in [3.63, 3.8) is 0 Å². The molecule has 0 aliphatic carbocycles. The Bertz CT molecular complexity index is 405. The molecule has 0 fully saturated rings. The van der Waals surface area contributed by atoms with Crippen LogP contribution in [0.4, 0.5) is 0 Å². The molecule has 0 aromatic heterocycles. The molecule has 0 radical (unpaired) electrons. The van der Waals surface area contributed by atoms with Gasteiger partial charge in [-0.3, -0.25) is 5.41 Å². The third kappa shape index (κ3) is 4.10. The van der Waals surface area contributed by atoms with Crippen molar-refractivity contribution in [2.45, 2.75) is 34.1 Å². The lowest BCUT2D eigenvalue weighted by Gasteiger charge is -2.19. The average molecular weight is 234 g/mol. The first-order valence-corrected chi connectivity index (χ1v) is 5.88. The van der Waals surface area contributed by atoms with E-state index in [1.54, 1.807) is 0 Å². The van der Waals surface area contributed by atoms with E-state index in [1.165, 1.54) is 0 Å². The number of hydrogen-bond acceptors (Lipinski definition) is 2. The Hall–Kier alpha value is -1.51. The van der Waals surface area contributed by atoms with Gasteiger partial charge >= 0.3 is 0 Å². The van der Waals surface area contributed by atoms with E-state index in [0.717, 1.165) is 17.7 Å². The largest absolute Gasteiger partial charge is 0.493 e. The quantitative estimate of drug-likeness (QED) is 0.621. The predicted octanol–water partition coefficient (Wildman–Crippen LogP) is 3.09. The smallest absolute Gasteiger partial charge is 0.133 e. The molecule has 0 amide bonds. The number of nitrogens with one attached hydrogen (secondary N) is 1. The highest BCUT2D eigenvalue weighted by Gasteiger charge is 2.13. The van der Waals surface area contributed by atoms with Crippen LogP contribution in [0.25, 0.3) is 0 Å². The number of para-hydroxylation sites is 1. The molecule has 0 bridgehead atoms. The van der Waals surface area contributed by atoms with Crippen LogP contribution < -0.4 is 10.5 Å². The molecule has 17 heavy (non-hydrogen) atoms. The van der Waals surface area contributed by atoms with E-state index in [1.807, 2.05) is 25.1 Å². The van der Waals surface area contributed by atoms with Gasteiger partial charge in [-0.25, -0.2) is 0 Å². The molecule has 3 heteroatoms. The van der Waals surface area contributed by atoms with E-state index < -0.39 is 0 Å². The Morgan fingerprint density at radius 1 is 1.35 bits per heavy atom. The van der Waals surface area contributed by atoms with Gasteiger partial charge in [-0.2, -0.15) is 0 Å². The molecular weight excluding hydrogens is 212 g/mol. The van der Waals surface area contributed by atoms with Crippen LogP contribution >= 0.6 is 0 Å². The summed E-state index contributed by atoms with van der Waals surface area (Å²) in [5, 5.41) is 7.53. The molecule has 0 heterocycles. The first-order chi connectivity index (χ1) is 7.81. The summed E-state index contributed by atoms with van der Waals surface area (Å²) in [7, 11) is 0. The summed E-state index contributed by atoms with van der Waals surface area (Å²) in [5.74, 6) is 0.795. The number of aryl methyl sites for hydroxylation is 1. The van der Waals surface area contributed by atoms with Crippen molar-refractivity contribution < 1.29 is 4.74 Å². The Kier molecular flexibility index (Phi) is 4.16. The number of nitrogens with two attached hydrogens (primary N) is 1. The van der Waals surface area contributed by atoms with Crippen LogP contribution in [0.2, 0.25) is 0 Å². The van der Waals surface area contributed by atoms with Gasteiger partial charge in [0.2, 0.25) is 0 Å². The minimum absolute atomic E-state index is 0.0551. The predicted molar refractivity (Wildman–Crippen MR) is 71.8 cm³/mol. The number of ether oxygens (including phenoxy) is 1. The Morgan fingerprint density at radius 2 is 2.00 bits per heavy atom. The summed E-state index contributed by atoms with van der Waals surface area (Å²) in [6, 6.07) is 5.68. The monoisotopic (exact) mass is 234 g/mol. The minimum atomic E-state index is 0.0551. The number of benzene rings is 1. The lowest BCUT2D eigenvalue weighted by Crippen LogP contribution is -2.16. The normalized spacial score (nSPS) is 11.3. The third-order valence-corrected chi connectivity index (χ3v) is 2.60. The van der Waals surface area contributed by atoms with E-state index in [2.05, 4.69) is 20.8 Å². The summed E-state index contributed by atoms with van der Waals surface area (Å²) >= 11 is 0. The third-order valence-electron chi connectivity index (χ3n) is 2.60.